The lowest BCUT2D eigenvalue weighted by Gasteiger charge is -2.16. The number of hydrogen-bond acceptors (Lipinski definition) is 2. The van der Waals surface area contributed by atoms with Crippen molar-refractivity contribution in [2.45, 2.75) is 5.38 Å². The van der Waals surface area contributed by atoms with Crippen LogP contribution < -0.4 is 9.47 Å². The maximum absolute atomic E-state index is 13.5. The zero-order valence-electron chi connectivity index (χ0n) is 11.0. The number of ether oxygens (including phenoxy) is 2. The van der Waals surface area contributed by atoms with E-state index in [1.807, 2.05) is 0 Å². The third kappa shape index (κ3) is 3.25. The molecule has 2 nitrogen and oxygen atoms in total. The Labute approximate surface area is 130 Å². The Kier molecular flexibility index (Phi) is 4.89. The molecule has 2 aromatic carbocycles. The van der Waals surface area contributed by atoms with Gasteiger partial charge in [-0.2, -0.15) is 0 Å². The molecule has 0 spiro atoms. The van der Waals surface area contributed by atoms with Crippen molar-refractivity contribution in [2.75, 3.05) is 14.2 Å². The van der Waals surface area contributed by atoms with Gasteiger partial charge in [0.15, 0.2) is 0 Å². The quantitative estimate of drug-likeness (QED) is 0.720. The minimum absolute atomic E-state index is 0.345. The van der Waals surface area contributed by atoms with E-state index >= 15 is 0 Å². The van der Waals surface area contributed by atoms with Crippen LogP contribution in [0, 0.1) is 5.82 Å². The van der Waals surface area contributed by atoms with E-state index in [1.165, 1.54) is 12.1 Å². The van der Waals surface area contributed by atoms with Crippen molar-refractivity contribution in [2.24, 2.45) is 0 Å². The first-order valence-corrected chi connectivity index (χ1v) is 7.10. The molecule has 0 amide bonds. The van der Waals surface area contributed by atoms with E-state index in [1.54, 1.807) is 38.5 Å². The highest BCUT2D eigenvalue weighted by Gasteiger charge is 2.18. The maximum atomic E-state index is 13.5. The minimum Gasteiger partial charge on any atom is -0.497 e. The molecular formula is C15H13BrClFO2. The Morgan fingerprint density at radius 1 is 1.10 bits per heavy atom. The third-order valence-electron chi connectivity index (χ3n) is 2.89. The average molecular weight is 360 g/mol. The van der Waals surface area contributed by atoms with E-state index in [9.17, 15) is 4.39 Å². The van der Waals surface area contributed by atoms with Crippen LogP contribution in [0.4, 0.5) is 4.39 Å². The Bertz CT molecular complexity index is 599. The molecule has 20 heavy (non-hydrogen) atoms. The van der Waals surface area contributed by atoms with Gasteiger partial charge in [0.25, 0.3) is 0 Å². The number of rotatable bonds is 4. The summed E-state index contributed by atoms with van der Waals surface area (Å²) in [7, 11) is 3.14. The van der Waals surface area contributed by atoms with Gasteiger partial charge in [0.1, 0.15) is 17.3 Å². The Morgan fingerprint density at radius 2 is 1.85 bits per heavy atom. The molecular weight excluding hydrogens is 347 g/mol. The molecule has 106 valence electrons. The van der Waals surface area contributed by atoms with Crippen LogP contribution in [0.25, 0.3) is 0 Å². The topological polar surface area (TPSA) is 18.5 Å². The zero-order chi connectivity index (χ0) is 14.7. The van der Waals surface area contributed by atoms with Gasteiger partial charge in [0.2, 0.25) is 0 Å². The molecule has 5 heteroatoms. The van der Waals surface area contributed by atoms with Crippen molar-refractivity contribution in [3.63, 3.8) is 0 Å². The molecule has 2 rings (SSSR count). The number of hydrogen-bond donors (Lipinski definition) is 0. The fourth-order valence-electron chi connectivity index (χ4n) is 1.94. The number of alkyl halides is 1. The van der Waals surface area contributed by atoms with Crippen LogP contribution in [0.1, 0.15) is 16.5 Å². The van der Waals surface area contributed by atoms with Crippen LogP contribution in [-0.4, -0.2) is 14.2 Å². The van der Waals surface area contributed by atoms with Gasteiger partial charge in [-0.25, -0.2) is 4.39 Å². The Hall–Kier alpha value is -1.26. The van der Waals surface area contributed by atoms with Crippen LogP contribution in [0.3, 0.4) is 0 Å². The first-order chi connectivity index (χ1) is 9.55. The lowest BCUT2D eigenvalue weighted by atomic mass is 10.0. The molecule has 0 radical (unpaired) electrons. The summed E-state index contributed by atoms with van der Waals surface area (Å²) >= 11 is 9.73. The second-order valence-corrected chi connectivity index (χ2v) is 5.53. The van der Waals surface area contributed by atoms with E-state index in [0.717, 1.165) is 5.56 Å². The lowest BCUT2D eigenvalue weighted by molar-refractivity contribution is 0.399. The van der Waals surface area contributed by atoms with E-state index < -0.39 is 5.38 Å². The second kappa shape index (κ2) is 6.46. The molecule has 0 aliphatic carbocycles. The van der Waals surface area contributed by atoms with Crippen LogP contribution in [0.2, 0.25) is 0 Å². The van der Waals surface area contributed by atoms with Crippen molar-refractivity contribution >= 4 is 27.5 Å². The summed E-state index contributed by atoms with van der Waals surface area (Å²) < 4.78 is 24.6. The second-order valence-electron chi connectivity index (χ2n) is 4.17. The fraction of sp³-hybridized carbons (Fsp3) is 0.200. The summed E-state index contributed by atoms with van der Waals surface area (Å²) in [5.74, 6) is 0.954. The largest absolute Gasteiger partial charge is 0.497 e. The molecule has 0 aromatic heterocycles. The van der Waals surface area contributed by atoms with E-state index in [2.05, 4.69) is 15.9 Å². The molecule has 1 unspecified atom stereocenters. The summed E-state index contributed by atoms with van der Waals surface area (Å²) in [5.41, 5.74) is 1.37. The number of benzene rings is 2. The van der Waals surface area contributed by atoms with E-state index in [0.29, 0.717) is 21.5 Å². The minimum atomic E-state index is -0.535. The molecule has 0 aliphatic heterocycles. The van der Waals surface area contributed by atoms with Crippen LogP contribution in [0.5, 0.6) is 11.5 Å². The normalized spacial score (nSPS) is 12.1. The van der Waals surface area contributed by atoms with Crippen LogP contribution in [0.15, 0.2) is 40.9 Å². The highest BCUT2D eigenvalue weighted by atomic mass is 79.9. The van der Waals surface area contributed by atoms with Gasteiger partial charge in [-0.1, -0.05) is 15.9 Å². The standard InChI is InChI=1S/C15H13BrClFO2/c1-19-12-3-4-14(20-2)13(8-12)15(17)9-5-10(16)7-11(18)6-9/h3-8,15H,1-2H3. The average Bonchev–Trinajstić information content (AvgIpc) is 2.44. The highest BCUT2D eigenvalue weighted by molar-refractivity contribution is 9.10. The molecule has 1 atom stereocenters. The predicted octanol–water partition coefficient (Wildman–Crippen LogP) is 4.93. The summed E-state index contributed by atoms with van der Waals surface area (Å²) in [6.45, 7) is 0. The predicted molar refractivity (Wildman–Crippen MR) is 81.3 cm³/mol. The van der Waals surface area contributed by atoms with Gasteiger partial charge in [0, 0.05) is 10.0 Å². The van der Waals surface area contributed by atoms with Gasteiger partial charge < -0.3 is 9.47 Å². The Balaban J connectivity index is 2.48. The third-order valence-corrected chi connectivity index (χ3v) is 3.83. The SMILES string of the molecule is COc1ccc(OC)c(C(Cl)c2cc(F)cc(Br)c2)c1. The van der Waals surface area contributed by atoms with Crippen molar-refractivity contribution < 1.29 is 13.9 Å². The molecule has 0 saturated heterocycles. The van der Waals surface area contributed by atoms with Gasteiger partial charge in [0.05, 0.1) is 19.6 Å². The molecule has 0 saturated carbocycles. The van der Waals surface area contributed by atoms with Gasteiger partial charge in [-0.05, 0) is 42.0 Å². The first kappa shape index (κ1) is 15.1. The monoisotopic (exact) mass is 358 g/mol. The summed E-state index contributed by atoms with van der Waals surface area (Å²) in [4.78, 5) is 0. The van der Waals surface area contributed by atoms with Crippen molar-refractivity contribution in [1.29, 1.82) is 0 Å². The van der Waals surface area contributed by atoms with Crippen molar-refractivity contribution in [3.05, 3.63) is 57.8 Å². The van der Waals surface area contributed by atoms with Crippen LogP contribution >= 0.6 is 27.5 Å². The van der Waals surface area contributed by atoms with Crippen molar-refractivity contribution in [3.8, 4) is 11.5 Å². The first-order valence-electron chi connectivity index (χ1n) is 5.87. The molecule has 0 N–H and O–H groups in total. The van der Waals surface area contributed by atoms with Crippen LogP contribution in [-0.2, 0) is 0 Å². The van der Waals surface area contributed by atoms with E-state index in [4.69, 9.17) is 21.1 Å². The molecule has 0 heterocycles. The fourth-order valence-corrected chi connectivity index (χ4v) is 2.72. The molecule has 2 aromatic rings. The summed E-state index contributed by atoms with van der Waals surface area (Å²) in [6.07, 6.45) is 0. The van der Waals surface area contributed by atoms with Gasteiger partial charge in [-0.3, -0.25) is 0 Å². The summed E-state index contributed by atoms with van der Waals surface area (Å²) in [5, 5.41) is -0.535. The molecule has 0 bridgehead atoms. The highest BCUT2D eigenvalue weighted by Crippen LogP contribution is 2.38. The Morgan fingerprint density at radius 3 is 2.45 bits per heavy atom. The zero-order valence-corrected chi connectivity index (χ0v) is 13.3. The molecule has 0 fully saturated rings. The summed E-state index contributed by atoms with van der Waals surface area (Å²) in [6, 6.07) is 9.91. The maximum Gasteiger partial charge on any atom is 0.124 e. The number of methoxy groups -OCH3 is 2. The smallest absolute Gasteiger partial charge is 0.124 e. The lowest BCUT2D eigenvalue weighted by Crippen LogP contribution is -1.99. The van der Waals surface area contributed by atoms with Crippen molar-refractivity contribution in [1.82, 2.24) is 0 Å². The van der Waals surface area contributed by atoms with Gasteiger partial charge in [-0.15, -0.1) is 11.6 Å². The van der Waals surface area contributed by atoms with Gasteiger partial charge >= 0.3 is 0 Å². The number of halogens is 3. The van der Waals surface area contributed by atoms with E-state index in [-0.39, 0.29) is 5.82 Å². The molecule has 0 aliphatic rings.